The van der Waals surface area contributed by atoms with E-state index in [9.17, 15) is 5.11 Å². The van der Waals surface area contributed by atoms with Gasteiger partial charge in [-0.15, -0.1) is 0 Å². The summed E-state index contributed by atoms with van der Waals surface area (Å²) in [6.45, 7) is 9.10. The molecule has 2 aromatic carbocycles. The third-order valence-corrected chi connectivity index (χ3v) is 4.70. The van der Waals surface area contributed by atoms with Crippen LogP contribution in [0.3, 0.4) is 0 Å². The van der Waals surface area contributed by atoms with Crippen LogP contribution in [0.15, 0.2) is 36.4 Å². The summed E-state index contributed by atoms with van der Waals surface area (Å²) in [5, 5.41) is 10.4. The lowest BCUT2D eigenvalue weighted by molar-refractivity contribution is 0.0633. The number of hydrogen-bond donors (Lipinski definition) is 1. The van der Waals surface area contributed by atoms with Crippen LogP contribution in [-0.4, -0.2) is 35.8 Å². The van der Waals surface area contributed by atoms with Crippen LogP contribution >= 0.6 is 0 Å². The van der Waals surface area contributed by atoms with Gasteiger partial charge in [-0.2, -0.15) is 0 Å². The maximum atomic E-state index is 10.4. The maximum absolute atomic E-state index is 10.4. The van der Waals surface area contributed by atoms with Crippen LogP contribution in [0.25, 0.3) is 0 Å². The Kier molecular flexibility index (Phi) is 5.22. The van der Waals surface area contributed by atoms with Crippen molar-refractivity contribution < 1.29 is 9.84 Å². The number of aliphatic hydroxyl groups excluding tert-OH is 1. The molecule has 1 heterocycles. The summed E-state index contributed by atoms with van der Waals surface area (Å²) in [4.78, 5) is 2.31. The van der Waals surface area contributed by atoms with Crippen LogP contribution < -0.4 is 4.74 Å². The SMILES string of the molecule is Cc1cc(C)c(OC[C@@H](O)CN2CCc3ccccc3C2)c(C)c1. The number of β-amino-alcohol motifs (C(OH)–C–C–N with tert-alkyl or cyclic N) is 1. The van der Waals surface area contributed by atoms with E-state index in [1.807, 2.05) is 0 Å². The lowest BCUT2D eigenvalue weighted by Gasteiger charge is -2.30. The fourth-order valence-electron chi connectivity index (χ4n) is 3.63. The highest BCUT2D eigenvalue weighted by atomic mass is 16.5. The van der Waals surface area contributed by atoms with Crippen molar-refractivity contribution in [3.05, 3.63) is 64.2 Å². The average Bonchev–Trinajstić information content (AvgIpc) is 2.53. The highest BCUT2D eigenvalue weighted by Crippen LogP contribution is 2.25. The molecule has 128 valence electrons. The number of rotatable bonds is 5. The zero-order valence-corrected chi connectivity index (χ0v) is 14.9. The molecular formula is C21H27NO2. The molecule has 2 aromatic rings. The molecule has 0 radical (unpaired) electrons. The van der Waals surface area contributed by atoms with E-state index in [0.717, 1.165) is 36.4 Å². The molecule has 0 aliphatic carbocycles. The molecule has 0 amide bonds. The average molecular weight is 325 g/mol. The molecule has 0 bridgehead atoms. The summed E-state index contributed by atoms with van der Waals surface area (Å²) < 4.78 is 5.92. The molecule has 0 fully saturated rings. The molecule has 3 nitrogen and oxygen atoms in total. The Balaban J connectivity index is 1.55. The molecule has 0 unspecified atom stereocenters. The van der Waals surface area contributed by atoms with E-state index in [2.05, 4.69) is 62.1 Å². The molecule has 1 N–H and O–H groups in total. The number of fused-ring (bicyclic) bond motifs is 1. The minimum Gasteiger partial charge on any atom is -0.490 e. The molecule has 1 atom stereocenters. The molecule has 0 aromatic heterocycles. The Morgan fingerprint density at radius 1 is 1.08 bits per heavy atom. The first-order valence-electron chi connectivity index (χ1n) is 8.71. The second-order valence-corrected chi connectivity index (χ2v) is 6.95. The lowest BCUT2D eigenvalue weighted by Crippen LogP contribution is -2.38. The Morgan fingerprint density at radius 3 is 2.46 bits per heavy atom. The van der Waals surface area contributed by atoms with E-state index < -0.39 is 6.10 Å². The first kappa shape index (κ1) is 17.0. The number of benzene rings is 2. The van der Waals surface area contributed by atoms with Crippen molar-refractivity contribution in [2.24, 2.45) is 0 Å². The second-order valence-electron chi connectivity index (χ2n) is 6.95. The fraction of sp³-hybridized carbons (Fsp3) is 0.429. The Hall–Kier alpha value is -1.84. The predicted molar refractivity (Wildman–Crippen MR) is 97.6 cm³/mol. The monoisotopic (exact) mass is 325 g/mol. The Morgan fingerprint density at radius 2 is 1.75 bits per heavy atom. The number of hydrogen-bond acceptors (Lipinski definition) is 3. The molecule has 3 rings (SSSR count). The van der Waals surface area contributed by atoms with Gasteiger partial charge in [-0.25, -0.2) is 0 Å². The van der Waals surface area contributed by atoms with Gasteiger partial charge in [0.15, 0.2) is 0 Å². The van der Waals surface area contributed by atoms with Crippen LogP contribution in [0.1, 0.15) is 27.8 Å². The van der Waals surface area contributed by atoms with Crippen LogP contribution in [-0.2, 0) is 13.0 Å². The van der Waals surface area contributed by atoms with Crippen LogP contribution in [0.2, 0.25) is 0 Å². The van der Waals surface area contributed by atoms with Gasteiger partial charge < -0.3 is 9.84 Å². The van der Waals surface area contributed by atoms with Crippen molar-refractivity contribution >= 4 is 0 Å². The summed E-state index contributed by atoms with van der Waals surface area (Å²) in [6, 6.07) is 12.8. The van der Waals surface area contributed by atoms with E-state index in [1.54, 1.807) is 0 Å². The number of aryl methyl sites for hydroxylation is 3. The molecule has 0 saturated heterocycles. The van der Waals surface area contributed by atoms with Crippen molar-refractivity contribution in [1.29, 1.82) is 0 Å². The number of aliphatic hydroxyl groups is 1. The van der Waals surface area contributed by atoms with Crippen molar-refractivity contribution in [3.63, 3.8) is 0 Å². The zero-order chi connectivity index (χ0) is 17.1. The van der Waals surface area contributed by atoms with Crippen LogP contribution in [0.5, 0.6) is 5.75 Å². The largest absolute Gasteiger partial charge is 0.490 e. The predicted octanol–water partition coefficient (Wildman–Crippen LogP) is 3.41. The Labute approximate surface area is 144 Å². The minimum absolute atomic E-state index is 0.336. The molecule has 1 aliphatic heterocycles. The standard InChI is InChI=1S/C21H27NO2/c1-15-10-16(2)21(17(3)11-15)24-14-20(23)13-22-9-8-18-6-4-5-7-19(18)12-22/h4-7,10-11,20,23H,8-9,12-14H2,1-3H3/t20-/m0/s1. The first-order valence-corrected chi connectivity index (χ1v) is 8.71. The lowest BCUT2D eigenvalue weighted by atomic mass is 10.00. The van der Waals surface area contributed by atoms with Gasteiger partial charge in [0.2, 0.25) is 0 Å². The topological polar surface area (TPSA) is 32.7 Å². The normalized spacial score (nSPS) is 15.8. The highest BCUT2D eigenvalue weighted by Gasteiger charge is 2.19. The van der Waals surface area contributed by atoms with Gasteiger partial charge in [0.1, 0.15) is 18.5 Å². The van der Waals surface area contributed by atoms with Crippen molar-refractivity contribution in [2.45, 2.75) is 39.8 Å². The molecule has 24 heavy (non-hydrogen) atoms. The van der Waals surface area contributed by atoms with Crippen molar-refractivity contribution in [1.82, 2.24) is 4.90 Å². The fourth-order valence-corrected chi connectivity index (χ4v) is 3.63. The van der Waals surface area contributed by atoms with Gasteiger partial charge in [-0.1, -0.05) is 42.0 Å². The van der Waals surface area contributed by atoms with Gasteiger partial charge in [-0.3, -0.25) is 4.90 Å². The number of ether oxygens (including phenoxy) is 1. The minimum atomic E-state index is -0.477. The smallest absolute Gasteiger partial charge is 0.125 e. The molecule has 1 aliphatic rings. The van der Waals surface area contributed by atoms with E-state index >= 15 is 0 Å². The first-order chi connectivity index (χ1) is 11.5. The van der Waals surface area contributed by atoms with Gasteiger partial charge in [-0.05, 0) is 49.4 Å². The maximum Gasteiger partial charge on any atom is 0.125 e. The van der Waals surface area contributed by atoms with Gasteiger partial charge >= 0.3 is 0 Å². The van der Waals surface area contributed by atoms with Gasteiger partial charge in [0.05, 0.1) is 0 Å². The van der Waals surface area contributed by atoms with Gasteiger partial charge in [0, 0.05) is 19.6 Å². The molecule has 3 heteroatoms. The summed E-state index contributed by atoms with van der Waals surface area (Å²) in [7, 11) is 0. The van der Waals surface area contributed by atoms with E-state index in [1.165, 1.54) is 16.7 Å². The zero-order valence-electron chi connectivity index (χ0n) is 14.9. The molecule has 0 spiro atoms. The van der Waals surface area contributed by atoms with E-state index in [4.69, 9.17) is 4.74 Å². The summed E-state index contributed by atoms with van der Waals surface area (Å²) in [6.07, 6.45) is 0.579. The van der Waals surface area contributed by atoms with Crippen LogP contribution in [0, 0.1) is 20.8 Å². The molecule has 0 saturated carbocycles. The Bertz CT molecular complexity index is 688. The summed E-state index contributed by atoms with van der Waals surface area (Å²) >= 11 is 0. The molecular weight excluding hydrogens is 298 g/mol. The third kappa shape index (κ3) is 3.97. The summed E-state index contributed by atoms with van der Waals surface area (Å²) in [5.41, 5.74) is 6.32. The van der Waals surface area contributed by atoms with Crippen molar-refractivity contribution in [2.75, 3.05) is 19.7 Å². The van der Waals surface area contributed by atoms with Crippen LogP contribution in [0.4, 0.5) is 0 Å². The quantitative estimate of drug-likeness (QED) is 0.914. The second kappa shape index (κ2) is 7.37. The van der Waals surface area contributed by atoms with E-state index in [0.29, 0.717) is 13.2 Å². The van der Waals surface area contributed by atoms with Gasteiger partial charge in [0.25, 0.3) is 0 Å². The summed E-state index contributed by atoms with van der Waals surface area (Å²) in [5.74, 6) is 0.906. The third-order valence-electron chi connectivity index (χ3n) is 4.70. The number of nitrogens with zero attached hydrogens (tertiary/aromatic N) is 1. The van der Waals surface area contributed by atoms with Crippen molar-refractivity contribution in [3.8, 4) is 5.75 Å². The van der Waals surface area contributed by atoms with E-state index in [-0.39, 0.29) is 0 Å². The highest BCUT2D eigenvalue weighted by molar-refractivity contribution is 5.42.